The van der Waals surface area contributed by atoms with Gasteiger partial charge in [0.05, 0.1) is 23.0 Å². The van der Waals surface area contributed by atoms with Gasteiger partial charge >= 0.3 is 17.9 Å². The zero-order chi connectivity index (χ0) is 26.9. The van der Waals surface area contributed by atoms with E-state index in [1.54, 1.807) is 16.7 Å². The Hall–Kier alpha value is -4.77. The van der Waals surface area contributed by atoms with Crippen molar-refractivity contribution in [3.8, 4) is 5.69 Å². The lowest BCUT2D eigenvalue weighted by atomic mass is 10.1. The molecule has 192 valence electrons. The van der Waals surface area contributed by atoms with E-state index in [2.05, 4.69) is 15.3 Å². The van der Waals surface area contributed by atoms with Crippen LogP contribution in [-0.2, 0) is 19.0 Å². The number of benzene rings is 2. The lowest BCUT2D eigenvalue weighted by Gasteiger charge is -2.15. The highest BCUT2D eigenvalue weighted by Crippen LogP contribution is 2.23. The molecule has 0 saturated heterocycles. The molecule has 0 saturated carbocycles. The SMILES string of the molecule is CC(=O)OCOC(=O)c1cccc(/C=N/NC(=O)c2ccc(C(=O)OCO)c(-n3c(C)ccc3C)c2)c1. The molecule has 0 bridgehead atoms. The second-order valence-electron chi connectivity index (χ2n) is 7.75. The Labute approximate surface area is 212 Å². The minimum atomic E-state index is -0.774. The van der Waals surface area contributed by atoms with E-state index in [1.807, 2.05) is 26.0 Å². The lowest BCUT2D eigenvalue weighted by Crippen LogP contribution is -2.19. The average Bonchev–Trinajstić information content (AvgIpc) is 3.21. The number of carbonyl (C=O) groups is 4. The van der Waals surface area contributed by atoms with Crippen LogP contribution in [0.15, 0.2) is 59.7 Å². The van der Waals surface area contributed by atoms with Crippen LogP contribution in [0.1, 0.15) is 54.9 Å². The molecule has 3 rings (SSSR count). The molecule has 2 aromatic carbocycles. The molecule has 11 heteroatoms. The van der Waals surface area contributed by atoms with Gasteiger partial charge in [-0.2, -0.15) is 5.10 Å². The van der Waals surface area contributed by atoms with Crippen molar-refractivity contribution in [1.82, 2.24) is 9.99 Å². The van der Waals surface area contributed by atoms with Gasteiger partial charge in [-0.1, -0.05) is 12.1 Å². The van der Waals surface area contributed by atoms with Gasteiger partial charge in [-0.15, -0.1) is 0 Å². The number of aryl methyl sites for hydroxylation is 2. The van der Waals surface area contributed by atoms with Crippen molar-refractivity contribution in [2.24, 2.45) is 5.10 Å². The standard InChI is InChI=1S/C26H25N3O8/c1-16-7-8-17(2)29(16)23-12-20(9-10-22(23)26(34)35-14-30)24(32)28-27-13-19-5-4-6-21(11-19)25(33)37-15-36-18(3)31/h4-13,30H,14-15H2,1-3H3,(H,28,32)/b27-13+. The molecule has 0 atom stereocenters. The van der Waals surface area contributed by atoms with E-state index in [-0.39, 0.29) is 16.7 Å². The number of hydrogen-bond donors (Lipinski definition) is 2. The largest absolute Gasteiger partial charge is 0.435 e. The first kappa shape index (κ1) is 26.8. The number of aromatic nitrogens is 1. The first-order valence-corrected chi connectivity index (χ1v) is 11.0. The summed E-state index contributed by atoms with van der Waals surface area (Å²) >= 11 is 0. The Kier molecular flexibility index (Phi) is 8.90. The molecule has 0 spiro atoms. The zero-order valence-corrected chi connectivity index (χ0v) is 20.4. The Morgan fingerprint density at radius 1 is 0.919 bits per heavy atom. The van der Waals surface area contributed by atoms with Crippen LogP contribution in [0.2, 0.25) is 0 Å². The summed E-state index contributed by atoms with van der Waals surface area (Å²) in [6.07, 6.45) is 1.34. The topological polar surface area (TPSA) is 146 Å². The summed E-state index contributed by atoms with van der Waals surface area (Å²) in [6, 6.07) is 14.4. The zero-order valence-electron chi connectivity index (χ0n) is 20.4. The smallest absolute Gasteiger partial charge is 0.342 e. The van der Waals surface area contributed by atoms with E-state index in [9.17, 15) is 19.2 Å². The number of nitrogens with zero attached hydrogens (tertiary/aromatic N) is 2. The van der Waals surface area contributed by atoms with E-state index in [4.69, 9.17) is 14.6 Å². The Bertz CT molecular complexity index is 1340. The lowest BCUT2D eigenvalue weighted by molar-refractivity contribution is -0.149. The fourth-order valence-corrected chi connectivity index (χ4v) is 3.44. The van der Waals surface area contributed by atoms with Gasteiger partial charge in [0.15, 0.2) is 6.79 Å². The molecule has 1 amide bonds. The maximum absolute atomic E-state index is 12.8. The maximum Gasteiger partial charge on any atom is 0.342 e. The number of aliphatic hydroxyl groups excluding tert-OH is 1. The molecule has 0 aliphatic rings. The number of rotatable bonds is 9. The van der Waals surface area contributed by atoms with Gasteiger partial charge in [0, 0.05) is 23.9 Å². The number of ether oxygens (including phenoxy) is 3. The van der Waals surface area contributed by atoms with Crippen molar-refractivity contribution in [3.63, 3.8) is 0 Å². The number of nitrogens with one attached hydrogen (secondary N) is 1. The van der Waals surface area contributed by atoms with Crippen LogP contribution in [-0.4, -0.2) is 53.3 Å². The van der Waals surface area contributed by atoms with Gasteiger partial charge in [-0.25, -0.2) is 15.0 Å². The summed E-state index contributed by atoms with van der Waals surface area (Å²) in [4.78, 5) is 48.0. The molecule has 0 fully saturated rings. The number of esters is 3. The highest BCUT2D eigenvalue weighted by atomic mass is 16.7. The predicted molar refractivity (Wildman–Crippen MR) is 131 cm³/mol. The van der Waals surface area contributed by atoms with Crippen LogP contribution < -0.4 is 5.43 Å². The van der Waals surface area contributed by atoms with E-state index in [1.165, 1.54) is 43.5 Å². The molecule has 0 aliphatic heterocycles. The number of carbonyl (C=O) groups excluding carboxylic acids is 4. The fourth-order valence-electron chi connectivity index (χ4n) is 3.44. The highest BCUT2D eigenvalue weighted by molar-refractivity contribution is 5.99. The van der Waals surface area contributed by atoms with Crippen LogP contribution in [0.4, 0.5) is 0 Å². The molecule has 0 unspecified atom stereocenters. The Balaban J connectivity index is 1.76. The summed E-state index contributed by atoms with van der Waals surface area (Å²) in [7, 11) is 0. The quantitative estimate of drug-likeness (QED) is 0.195. The van der Waals surface area contributed by atoms with E-state index < -0.39 is 37.4 Å². The third kappa shape index (κ3) is 6.89. The molecule has 1 aromatic heterocycles. The Morgan fingerprint density at radius 3 is 2.32 bits per heavy atom. The molecular formula is C26H25N3O8. The van der Waals surface area contributed by atoms with E-state index >= 15 is 0 Å². The molecule has 0 radical (unpaired) electrons. The van der Waals surface area contributed by atoms with Crippen LogP contribution in [0.3, 0.4) is 0 Å². The normalized spacial score (nSPS) is 10.7. The van der Waals surface area contributed by atoms with Crippen molar-refractivity contribution in [2.45, 2.75) is 20.8 Å². The van der Waals surface area contributed by atoms with Crippen molar-refractivity contribution >= 4 is 30.0 Å². The number of hydrogen-bond acceptors (Lipinski definition) is 9. The molecule has 3 aromatic rings. The van der Waals surface area contributed by atoms with Crippen LogP contribution >= 0.6 is 0 Å². The third-order valence-electron chi connectivity index (χ3n) is 5.14. The highest BCUT2D eigenvalue weighted by Gasteiger charge is 2.19. The van der Waals surface area contributed by atoms with Crippen molar-refractivity contribution in [3.05, 3.63) is 88.2 Å². The molecule has 11 nitrogen and oxygen atoms in total. The van der Waals surface area contributed by atoms with Gasteiger partial charge in [-0.05, 0) is 61.9 Å². The van der Waals surface area contributed by atoms with Gasteiger partial charge in [0.25, 0.3) is 5.91 Å². The molecule has 1 heterocycles. The van der Waals surface area contributed by atoms with Crippen LogP contribution in [0, 0.1) is 13.8 Å². The van der Waals surface area contributed by atoms with Crippen LogP contribution in [0.5, 0.6) is 0 Å². The first-order chi connectivity index (χ1) is 17.7. The second-order valence-corrected chi connectivity index (χ2v) is 7.75. The maximum atomic E-state index is 12.8. The van der Waals surface area contributed by atoms with Gasteiger partial charge < -0.3 is 23.9 Å². The van der Waals surface area contributed by atoms with Gasteiger partial charge in [-0.3, -0.25) is 9.59 Å². The summed E-state index contributed by atoms with van der Waals surface area (Å²) in [6.45, 7) is 3.63. The van der Waals surface area contributed by atoms with Gasteiger partial charge in [0.2, 0.25) is 6.79 Å². The van der Waals surface area contributed by atoms with Crippen molar-refractivity contribution < 1.29 is 38.5 Å². The fraction of sp³-hybridized carbons (Fsp3) is 0.192. The summed E-state index contributed by atoms with van der Waals surface area (Å²) in [5.74, 6) is -2.54. The summed E-state index contributed by atoms with van der Waals surface area (Å²) < 4.78 is 16.0. The van der Waals surface area contributed by atoms with Crippen molar-refractivity contribution in [1.29, 1.82) is 0 Å². The van der Waals surface area contributed by atoms with E-state index in [0.29, 0.717) is 11.3 Å². The second kappa shape index (κ2) is 12.3. The molecule has 2 N–H and O–H groups in total. The molecule has 0 aliphatic carbocycles. The average molecular weight is 507 g/mol. The number of aliphatic hydroxyl groups is 1. The third-order valence-corrected chi connectivity index (χ3v) is 5.14. The first-order valence-electron chi connectivity index (χ1n) is 11.0. The predicted octanol–water partition coefficient (Wildman–Crippen LogP) is 2.64. The van der Waals surface area contributed by atoms with Gasteiger partial charge in [0.1, 0.15) is 0 Å². The summed E-state index contributed by atoms with van der Waals surface area (Å²) in [5.41, 5.74) is 5.59. The Morgan fingerprint density at radius 2 is 1.65 bits per heavy atom. The number of amides is 1. The minimum Gasteiger partial charge on any atom is -0.435 e. The van der Waals surface area contributed by atoms with Crippen molar-refractivity contribution in [2.75, 3.05) is 13.6 Å². The van der Waals surface area contributed by atoms with E-state index in [0.717, 1.165) is 11.4 Å². The van der Waals surface area contributed by atoms with Crippen LogP contribution in [0.25, 0.3) is 5.69 Å². The molecule has 37 heavy (non-hydrogen) atoms. The number of hydrazone groups is 1. The monoisotopic (exact) mass is 507 g/mol. The summed E-state index contributed by atoms with van der Waals surface area (Å²) in [5, 5.41) is 12.9. The minimum absolute atomic E-state index is 0.175. The molecular weight excluding hydrogens is 482 g/mol.